The Morgan fingerprint density at radius 3 is 2.59 bits per heavy atom. The number of nitrogens with zero attached hydrogens (tertiary/aromatic N) is 3. The van der Waals surface area contributed by atoms with Crippen LogP contribution in [0.15, 0.2) is 76.6 Å². The van der Waals surface area contributed by atoms with Crippen molar-refractivity contribution in [1.29, 1.82) is 0 Å². The van der Waals surface area contributed by atoms with Gasteiger partial charge in [0.25, 0.3) is 0 Å². The lowest BCUT2D eigenvalue weighted by molar-refractivity contribution is 0.150. The number of thioether (sulfide) groups is 1. The maximum atomic E-state index is 5.33. The molecule has 0 atom stereocenters. The zero-order chi connectivity index (χ0) is 23.3. The maximum absolute atomic E-state index is 5.33. The third-order valence-electron chi connectivity index (χ3n) is 7.20. The quantitative estimate of drug-likeness (QED) is 0.204. The van der Waals surface area contributed by atoms with Crippen molar-refractivity contribution in [2.24, 2.45) is 10.4 Å². The summed E-state index contributed by atoms with van der Waals surface area (Å²) in [5.74, 6) is 1.08. The first-order chi connectivity index (χ1) is 15.4. The smallest absolute Gasteiger partial charge is 0.169 e. The van der Waals surface area contributed by atoms with Crippen molar-refractivity contribution in [3.63, 3.8) is 0 Å². The van der Waals surface area contributed by atoms with Gasteiger partial charge in [-0.15, -0.1) is 6.58 Å². The van der Waals surface area contributed by atoms with Gasteiger partial charge in [0.05, 0.1) is 5.70 Å². The molecule has 1 spiro atoms. The predicted octanol–water partition coefficient (Wildman–Crippen LogP) is 5.74. The minimum absolute atomic E-state index is 0.104. The van der Waals surface area contributed by atoms with Gasteiger partial charge in [0.15, 0.2) is 5.17 Å². The molecular weight excluding hydrogens is 409 g/mol. The lowest BCUT2D eigenvalue weighted by Gasteiger charge is -2.49. The van der Waals surface area contributed by atoms with Crippen LogP contribution < -0.4 is 0 Å². The van der Waals surface area contributed by atoms with E-state index in [0.717, 1.165) is 61.9 Å². The second-order valence-corrected chi connectivity index (χ2v) is 10.4. The molecule has 2 heterocycles. The minimum atomic E-state index is 0.104. The molecule has 0 amide bonds. The van der Waals surface area contributed by atoms with Gasteiger partial charge in [-0.05, 0) is 69.5 Å². The molecule has 3 aliphatic rings. The molecule has 0 radical (unpaired) electrons. The summed E-state index contributed by atoms with van der Waals surface area (Å²) in [7, 11) is 4.48. The van der Waals surface area contributed by atoms with Gasteiger partial charge in [-0.25, -0.2) is 4.99 Å². The molecule has 3 nitrogen and oxygen atoms in total. The minimum Gasteiger partial charge on any atom is -0.317 e. The van der Waals surface area contributed by atoms with Crippen molar-refractivity contribution < 1.29 is 0 Å². The van der Waals surface area contributed by atoms with E-state index < -0.39 is 0 Å². The second-order valence-electron chi connectivity index (χ2n) is 9.35. The van der Waals surface area contributed by atoms with Crippen LogP contribution in [-0.4, -0.2) is 55.2 Å². The van der Waals surface area contributed by atoms with Crippen LogP contribution in [0.1, 0.15) is 46.0 Å². The Balaban J connectivity index is 2.16. The molecular formula is C27H40BN3S. The summed E-state index contributed by atoms with van der Waals surface area (Å²) in [5.41, 5.74) is 7.85. The lowest BCUT2D eigenvalue weighted by Crippen LogP contribution is -2.45. The van der Waals surface area contributed by atoms with E-state index in [4.69, 9.17) is 4.99 Å². The number of rotatable bonds is 8. The third-order valence-corrected chi connectivity index (χ3v) is 8.26. The van der Waals surface area contributed by atoms with Gasteiger partial charge in [-0.1, -0.05) is 62.8 Å². The van der Waals surface area contributed by atoms with Crippen LogP contribution in [0.2, 0.25) is 6.32 Å². The van der Waals surface area contributed by atoms with Gasteiger partial charge in [-0.2, -0.15) is 0 Å². The molecule has 1 aliphatic carbocycles. The Bertz CT molecular complexity index is 885. The summed E-state index contributed by atoms with van der Waals surface area (Å²) >= 11 is 1.86. The molecule has 0 unspecified atom stereocenters. The molecule has 32 heavy (non-hydrogen) atoms. The maximum Gasteiger partial charge on any atom is 0.169 e. The first kappa shape index (κ1) is 24.9. The topological polar surface area (TPSA) is 18.8 Å². The average molecular weight is 450 g/mol. The Morgan fingerprint density at radius 2 is 2.00 bits per heavy atom. The van der Waals surface area contributed by atoms with Gasteiger partial charge < -0.3 is 9.80 Å². The molecule has 0 bridgehead atoms. The van der Waals surface area contributed by atoms with Crippen molar-refractivity contribution in [3.05, 3.63) is 71.7 Å². The van der Waals surface area contributed by atoms with Gasteiger partial charge in [-0.3, -0.25) is 0 Å². The SMILES string of the molecule is BCCCSC1=NC2=C(C(=C)N1CC=C)C1(CCN(C)CC1)CC(/C=C(\C=C)CC)=C2C. The van der Waals surface area contributed by atoms with Crippen molar-refractivity contribution >= 4 is 24.8 Å². The molecule has 0 aromatic heterocycles. The lowest BCUT2D eigenvalue weighted by atomic mass is 9.63. The molecule has 1 fully saturated rings. The summed E-state index contributed by atoms with van der Waals surface area (Å²) < 4.78 is 0. The van der Waals surface area contributed by atoms with Crippen LogP contribution in [0.25, 0.3) is 0 Å². The Hall–Kier alpha value is -1.72. The number of aliphatic imine (C=N–C) groups is 1. The zero-order valence-electron chi connectivity index (χ0n) is 20.7. The average Bonchev–Trinajstić information content (AvgIpc) is 2.79. The molecule has 0 saturated carbocycles. The fraction of sp³-hybridized carbons (Fsp3) is 0.519. The number of hydrogen-bond acceptors (Lipinski definition) is 4. The summed E-state index contributed by atoms with van der Waals surface area (Å²) in [4.78, 5) is 10.1. The fourth-order valence-corrected chi connectivity index (χ4v) is 6.17. The largest absolute Gasteiger partial charge is 0.317 e. The molecule has 0 N–H and O–H groups in total. The van der Waals surface area contributed by atoms with Crippen molar-refractivity contribution in [2.75, 3.05) is 32.4 Å². The van der Waals surface area contributed by atoms with Crippen LogP contribution in [-0.2, 0) is 0 Å². The number of likely N-dealkylation sites (tertiary alicyclic amines) is 1. The summed E-state index contributed by atoms with van der Waals surface area (Å²) in [6.45, 7) is 20.2. The highest BCUT2D eigenvalue weighted by molar-refractivity contribution is 8.13. The second kappa shape index (κ2) is 10.9. The van der Waals surface area contributed by atoms with Gasteiger partial charge in [0, 0.05) is 29.0 Å². The molecule has 5 heteroatoms. The highest BCUT2D eigenvalue weighted by Crippen LogP contribution is 2.55. The van der Waals surface area contributed by atoms with E-state index in [9.17, 15) is 0 Å². The summed E-state index contributed by atoms with van der Waals surface area (Å²) in [6.07, 6.45) is 13.1. The van der Waals surface area contributed by atoms with Crippen molar-refractivity contribution in [3.8, 4) is 0 Å². The normalized spacial score (nSPS) is 21.7. The fourth-order valence-electron chi connectivity index (χ4n) is 5.06. The molecule has 0 aromatic rings. The molecule has 2 aliphatic heterocycles. The van der Waals surface area contributed by atoms with Crippen LogP contribution in [0.4, 0.5) is 0 Å². The number of amidine groups is 1. The first-order valence-electron chi connectivity index (χ1n) is 12.2. The highest BCUT2D eigenvalue weighted by Gasteiger charge is 2.46. The monoisotopic (exact) mass is 449 g/mol. The molecule has 0 aromatic carbocycles. The molecule has 1 saturated heterocycles. The van der Waals surface area contributed by atoms with Crippen molar-refractivity contribution in [2.45, 2.75) is 52.3 Å². The number of fused-ring (bicyclic) bond motifs is 1. The number of piperidine rings is 1. The number of allylic oxidation sites excluding steroid dienone is 6. The van der Waals surface area contributed by atoms with Crippen LogP contribution in [0.3, 0.4) is 0 Å². The van der Waals surface area contributed by atoms with E-state index in [-0.39, 0.29) is 5.41 Å². The van der Waals surface area contributed by atoms with E-state index in [2.05, 4.69) is 64.4 Å². The summed E-state index contributed by atoms with van der Waals surface area (Å²) in [5, 5.41) is 1.08. The van der Waals surface area contributed by atoms with Gasteiger partial charge >= 0.3 is 0 Å². The molecule has 3 rings (SSSR count). The van der Waals surface area contributed by atoms with Crippen LogP contribution >= 0.6 is 11.8 Å². The standard InChI is InChI=1S/C27H40BN3S/c1-7-14-31-21(5)24-25(29-26(31)32-17-10-13-28)20(4)23(18-22(8-2)9-3)19-27(24)11-15-30(6)16-12-27/h7-8,18H,1-2,5,9-17,19,28H2,3-4,6H3/b22-18+. The van der Waals surface area contributed by atoms with Crippen LogP contribution in [0.5, 0.6) is 0 Å². The van der Waals surface area contributed by atoms with E-state index >= 15 is 0 Å². The van der Waals surface area contributed by atoms with Gasteiger partial charge in [0.1, 0.15) is 7.85 Å². The van der Waals surface area contributed by atoms with Crippen molar-refractivity contribution in [1.82, 2.24) is 9.80 Å². The van der Waals surface area contributed by atoms with E-state index in [0.29, 0.717) is 0 Å². The van der Waals surface area contributed by atoms with E-state index in [1.807, 2.05) is 23.9 Å². The zero-order valence-corrected chi connectivity index (χ0v) is 21.5. The Labute approximate surface area is 201 Å². The van der Waals surface area contributed by atoms with E-state index in [1.165, 1.54) is 40.7 Å². The predicted molar refractivity (Wildman–Crippen MR) is 146 cm³/mol. The first-order valence-corrected chi connectivity index (χ1v) is 13.1. The summed E-state index contributed by atoms with van der Waals surface area (Å²) in [6, 6.07) is 0. The van der Waals surface area contributed by atoms with E-state index in [1.54, 1.807) is 0 Å². The Kier molecular flexibility index (Phi) is 8.52. The molecule has 172 valence electrons. The number of hydrogen-bond donors (Lipinski definition) is 0. The van der Waals surface area contributed by atoms with Crippen LogP contribution in [0, 0.1) is 5.41 Å². The third kappa shape index (κ3) is 4.94. The highest BCUT2D eigenvalue weighted by atomic mass is 32.2. The Morgan fingerprint density at radius 1 is 1.28 bits per heavy atom. The van der Waals surface area contributed by atoms with Gasteiger partial charge in [0.2, 0.25) is 0 Å².